The van der Waals surface area contributed by atoms with Gasteiger partial charge < -0.3 is 5.11 Å². The van der Waals surface area contributed by atoms with Crippen molar-refractivity contribution in [3.8, 4) is 0 Å². The molecule has 0 aliphatic rings. The van der Waals surface area contributed by atoms with E-state index >= 15 is 0 Å². The summed E-state index contributed by atoms with van der Waals surface area (Å²) in [7, 11) is 0. The van der Waals surface area contributed by atoms with E-state index in [9.17, 15) is 18.0 Å². The quantitative estimate of drug-likeness (QED) is 0.817. The Morgan fingerprint density at radius 3 is 2.62 bits per heavy atom. The molecule has 0 fully saturated rings. The molecule has 2 nitrogen and oxygen atoms in total. The predicted octanol–water partition coefficient (Wildman–Crippen LogP) is 3.26. The molecule has 1 aromatic carbocycles. The van der Waals surface area contributed by atoms with Gasteiger partial charge in [-0.15, -0.1) is 0 Å². The van der Waals surface area contributed by atoms with Crippen LogP contribution in [0.1, 0.15) is 11.1 Å². The maximum Gasteiger partial charge on any atom is 0.418 e. The highest BCUT2D eigenvalue weighted by molar-refractivity contribution is 6.31. The van der Waals surface area contributed by atoms with E-state index in [1.165, 1.54) is 6.07 Å². The van der Waals surface area contributed by atoms with Crippen LogP contribution in [0.3, 0.4) is 0 Å². The summed E-state index contributed by atoms with van der Waals surface area (Å²) in [6, 6.07) is 4.48. The molecule has 0 atom stereocenters. The van der Waals surface area contributed by atoms with E-state index < -0.39 is 22.7 Å². The van der Waals surface area contributed by atoms with Gasteiger partial charge in [-0.05, 0) is 11.6 Å². The van der Waals surface area contributed by atoms with Crippen LogP contribution in [0, 0.1) is 6.07 Å². The number of carbonyl (C=O) groups is 1. The van der Waals surface area contributed by atoms with Crippen molar-refractivity contribution < 1.29 is 23.1 Å². The second-order valence-corrected chi connectivity index (χ2v) is 3.17. The van der Waals surface area contributed by atoms with Gasteiger partial charge in [0.05, 0.1) is 10.6 Å². The minimum absolute atomic E-state index is 0.307. The van der Waals surface area contributed by atoms with Crippen LogP contribution in [0.4, 0.5) is 13.2 Å². The van der Waals surface area contributed by atoms with Crippen molar-refractivity contribution in [2.45, 2.75) is 6.18 Å². The number of halogens is 4. The molecule has 0 amide bonds. The first-order valence-electron chi connectivity index (χ1n) is 4.01. The molecule has 16 heavy (non-hydrogen) atoms. The summed E-state index contributed by atoms with van der Waals surface area (Å²) >= 11 is 5.37. The van der Waals surface area contributed by atoms with Crippen molar-refractivity contribution in [1.82, 2.24) is 0 Å². The molecule has 1 N–H and O–H groups in total. The monoisotopic (exact) mass is 249 g/mol. The third-order valence-electron chi connectivity index (χ3n) is 1.67. The third kappa shape index (κ3) is 3.00. The summed E-state index contributed by atoms with van der Waals surface area (Å²) < 4.78 is 37.6. The van der Waals surface area contributed by atoms with Gasteiger partial charge in [-0.2, -0.15) is 13.2 Å². The van der Waals surface area contributed by atoms with E-state index in [-0.39, 0.29) is 5.56 Å². The lowest BCUT2D eigenvalue weighted by atomic mass is 10.1. The lowest BCUT2D eigenvalue weighted by Crippen LogP contribution is -2.08. The van der Waals surface area contributed by atoms with Crippen molar-refractivity contribution in [2.24, 2.45) is 0 Å². The standard InChI is InChI=1S/C10H5ClF3O2/c11-7-3-1-2-6(4-5-8(15)16)9(7)10(12,13)14/h1-2,4-5H,(H,15,16)/b5-4+. The maximum atomic E-state index is 12.5. The van der Waals surface area contributed by atoms with Gasteiger partial charge in [0, 0.05) is 12.1 Å². The molecule has 0 bridgehead atoms. The third-order valence-corrected chi connectivity index (χ3v) is 1.97. The number of hydrogen-bond acceptors (Lipinski definition) is 1. The van der Waals surface area contributed by atoms with Gasteiger partial charge in [0.15, 0.2) is 0 Å². The Hall–Kier alpha value is -1.49. The van der Waals surface area contributed by atoms with Crippen molar-refractivity contribution >= 4 is 23.6 Å². The van der Waals surface area contributed by atoms with Crippen LogP contribution in [0.15, 0.2) is 18.2 Å². The van der Waals surface area contributed by atoms with Gasteiger partial charge in [-0.3, -0.25) is 0 Å². The minimum atomic E-state index is -4.65. The molecule has 0 saturated carbocycles. The normalized spacial score (nSPS) is 12.0. The number of benzene rings is 1. The number of hydrogen-bond donors (Lipinski definition) is 1. The van der Waals surface area contributed by atoms with Crippen LogP contribution in [-0.2, 0) is 11.0 Å². The highest BCUT2D eigenvalue weighted by Crippen LogP contribution is 2.37. The average molecular weight is 250 g/mol. The van der Waals surface area contributed by atoms with Crippen LogP contribution in [0.25, 0.3) is 6.08 Å². The zero-order valence-electron chi connectivity index (χ0n) is 7.68. The fraction of sp³-hybridized carbons (Fsp3) is 0.100. The number of carboxylic acid groups (broad SMARTS) is 1. The molecule has 0 aliphatic heterocycles. The molecule has 0 heterocycles. The Kier molecular flexibility index (Phi) is 3.59. The van der Waals surface area contributed by atoms with E-state index in [1.54, 1.807) is 0 Å². The Morgan fingerprint density at radius 2 is 2.12 bits per heavy atom. The summed E-state index contributed by atoms with van der Waals surface area (Å²) in [6.07, 6.45) is -3.20. The first-order chi connectivity index (χ1) is 7.32. The van der Waals surface area contributed by atoms with Crippen LogP contribution < -0.4 is 0 Å². The molecule has 0 saturated heterocycles. The van der Waals surface area contributed by atoms with Crippen molar-refractivity contribution in [3.63, 3.8) is 0 Å². The topological polar surface area (TPSA) is 37.3 Å². The highest BCUT2D eigenvalue weighted by Gasteiger charge is 2.35. The molecule has 0 spiro atoms. The number of alkyl halides is 3. The Labute approximate surface area is 94.0 Å². The van der Waals surface area contributed by atoms with Gasteiger partial charge >= 0.3 is 12.1 Å². The first-order valence-corrected chi connectivity index (χ1v) is 4.38. The molecule has 85 valence electrons. The second-order valence-electron chi connectivity index (χ2n) is 2.79. The second kappa shape index (κ2) is 4.57. The maximum absolute atomic E-state index is 12.5. The molecule has 0 aromatic heterocycles. The summed E-state index contributed by atoms with van der Waals surface area (Å²) in [4.78, 5) is 10.2. The highest BCUT2D eigenvalue weighted by atomic mass is 35.5. The van der Waals surface area contributed by atoms with Gasteiger partial charge in [0.2, 0.25) is 0 Å². The fourth-order valence-electron chi connectivity index (χ4n) is 1.07. The number of aliphatic carboxylic acids is 1. The first kappa shape index (κ1) is 12.6. The average Bonchev–Trinajstić information content (AvgIpc) is 2.12. The predicted molar refractivity (Wildman–Crippen MR) is 52.0 cm³/mol. The molecule has 0 unspecified atom stereocenters. The molecule has 6 heteroatoms. The van der Waals surface area contributed by atoms with E-state index in [1.807, 2.05) is 0 Å². The largest absolute Gasteiger partial charge is 0.478 e. The summed E-state index contributed by atoms with van der Waals surface area (Å²) in [5.74, 6) is -1.34. The molecule has 1 rings (SSSR count). The molecular formula is C10H5ClF3O2. The number of carboxylic acids is 1. The van der Waals surface area contributed by atoms with Crippen LogP contribution >= 0.6 is 11.6 Å². The van der Waals surface area contributed by atoms with Crippen LogP contribution in [-0.4, -0.2) is 11.1 Å². The van der Waals surface area contributed by atoms with Crippen molar-refractivity contribution in [1.29, 1.82) is 0 Å². The van der Waals surface area contributed by atoms with E-state index in [0.717, 1.165) is 12.1 Å². The van der Waals surface area contributed by atoms with Gasteiger partial charge in [0.25, 0.3) is 0 Å². The molecule has 1 aromatic rings. The lowest BCUT2D eigenvalue weighted by molar-refractivity contribution is -0.137. The lowest BCUT2D eigenvalue weighted by Gasteiger charge is -2.11. The Balaban J connectivity index is 3.29. The van der Waals surface area contributed by atoms with Crippen molar-refractivity contribution in [3.05, 3.63) is 40.4 Å². The van der Waals surface area contributed by atoms with Crippen LogP contribution in [0.5, 0.6) is 0 Å². The number of rotatable bonds is 2. The summed E-state index contributed by atoms with van der Waals surface area (Å²) in [5.41, 5.74) is -1.40. The summed E-state index contributed by atoms with van der Waals surface area (Å²) in [5, 5.41) is 7.75. The van der Waals surface area contributed by atoms with Gasteiger partial charge in [-0.1, -0.05) is 23.7 Å². The van der Waals surface area contributed by atoms with Gasteiger partial charge in [-0.25, -0.2) is 4.79 Å². The van der Waals surface area contributed by atoms with Crippen LogP contribution in [0.2, 0.25) is 5.02 Å². The SMILES string of the molecule is O=C(O)/C=C/c1cc[c]c(Cl)c1C(F)(F)F. The van der Waals surface area contributed by atoms with Gasteiger partial charge in [0.1, 0.15) is 0 Å². The van der Waals surface area contributed by atoms with E-state index in [0.29, 0.717) is 6.08 Å². The Morgan fingerprint density at radius 1 is 1.50 bits per heavy atom. The molecule has 1 radical (unpaired) electrons. The zero-order valence-corrected chi connectivity index (χ0v) is 8.43. The smallest absolute Gasteiger partial charge is 0.418 e. The van der Waals surface area contributed by atoms with E-state index in [4.69, 9.17) is 16.7 Å². The molecular weight excluding hydrogens is 245 g/mol. The van der Waals surface area contributed by atoms with E-state index in [2.05, 4.69) is 6.07 Å². The minimum Gasteiger partial charge on any atom is -0.478 e. The zero-order chi connectivity index (χ0) is 12.3. The Bertz CT molecular complexity index is 438. The molecule has 0 aliphatic carbocycles. The fourth-order valence-corrected chi connectivity index (χ4v) is 1.35. The summed E-state index contributed by atoms with van der Waals surface area (Å²) in [6.45, 7) is 0. The van der Waals surface area contributed by atoms with Crippen molar-refractivity contribution in [2.75, 3.05) is 0 Å².